The fourth-order valence-corrected chi connectivity index (χ4v) is 3.65. The van der Waals surface area contributed by atoms with Gasteiger partial charge in [-0.05, 0) is 67.8 Å². The lowest BCUT2D eigenvalue weighted by Crippen LogP contribution is -2.26. The quantitative estimate of drug-likeness (QED) is 0.908. The van der Waals surface area contributed by atoms with Gasteiger partial charge in [-0.1, -0.05) is 18.6 Å². The molecule has 1 aromatic carbocycles. The molecule has 2 aliphatic rings. The Labute approximate surface area is 120 Å². The van der Waals surface area contributed by atoms with Crippen LogP contribution < -0.4 is 5.32 Å². The molecule has 1 N–H and O–H groups in total. The zero-order chi connectivity index (χ0) is 13.4. The molecule has 0 bridgehead atoms. The first kappa shape index (κ1) is 12.3. The predicted octanol–water partition coefficient (Wildman–Crippen LogP) is 3.87. The SMILES string of the molecule is c1cnc2ccc(C3CCCC3CNC3CC3)cc2c1. The molecule has 1 aromatic heterocycles. The van der Waals surface area contributed by atoms with Crippen LogP contribution in [0.1, 0.15) is 43.6 Å². The largest absolute Gasteiger partial charge is 0.314 e. The van der Waals surface area contributed by atoms with Crippen molar-refractivity contribution in [3.8, 4) is 0 Å². The number of fused-ring (bicyclic) bond motifs is 1. The van der Waals surface area contributed by atoms with E-state index in [1.165, 1.54) is 49.6 Å². The zero-order valence-electron chi connectivity index (χ0n) is 11.9. The summed E-state index contributed by atoms with van der Waals surface area (Å²) in [6, 6.07) is 11.9. The molecule has 0 spiro atoms. The Balaban J connectivity index is 1.56. The molecule has 2 heteroatoms. The van der Waals surface area contributed by atoms with Crippen molar-refractivity contribution in [2.75, 3.05) is 6.54 Å². The summed E-state index contributed by atoms with van der Waals surface area (Å²) in [4.78, 5) is 4.42. The maximum absolute atomic E-state index is 4.42. The van der Waals surface area contributed by atoms with Gasteiger partial charge in [-0.15, -0.1) is 0 Å². The molecule has 0 aliphatic heterocycles. The van der Waals surface area contributed by atoms with Crippen LogP contribution in [-0.2, 0) is 0 Å². The first-order chi connectivity index (χ1) is 9.90. The van der Waals surface area contributed by atoms with Gasteiger partial charge in [0.05, 0.1) is 5.52 Å². The second kappa shape index (κ2) is 5.17. The van der Waals surface area contributed by atoms with Crippen LogP contribution in [0.15, 0.2) is 36.5 Å². The molecule has 104 valence electrons. The van der Waals surface area contributed by atoms with Gasteiger partial charge in [-0.3, -0.25) is 4.98 Å². The van der Waals surface area contributed by atoms with Crippen molar-refractivity contribution in [2.45, 2.75) is 44.1 Å². The highest BCUT2D eigenvalue weighted by atomic mass is 14.9. The maximum Gasteiger partial charge on any atom is 0.0702 e. The molecule has 4 rings (SSSR count). The third kappa shape index (κ3) is 2.45. The number of aromatic nitrogens is 1. The van der Waals surface area contributed by atoms with Crippen molar-refractivity contribution in [2.24, 2.45) is 5.92 Å². The summed E-state index contributed by atoms with van der Waals surface area (Å²) < 4.78 is 0. The zero-order valence-corrected chi connectivity index (χ0v) is 11.9. The lowest BCUT2D eigenvalue weighted by molar-refractivity contribution is 0.443. The first-order valence-electron chi connectivity index (χ1n) is 7.98. The Hall–Kier alpha value is -1.41. The minimum absolute atomic E-state index is 0.742. The first-order valence-corrected chi connectivity index (χ1v) is 7.98. The van der Waals surface area contributed by atoms with E-state index < -0.39 is 0 Å². The third-order valence-electron chi connectivity index (χ3n) is 4.96. The van der Waals surface area contributed by atoms with Gasteiger partial charge < -0.3 is 5.32 Å². The summed E-state index contributed by atoms with van der Waals surface area (Å²) in [6.45, 7) is 1.21. The standard InChI is InChI=1S/C18H22N2/c1-3-15(12-20-16-7-8-16)17(5-1)13-6-9-18-14(11-13)4-2-10-19-18/h2,4,6,9-11,15-17,20H,1,3,5,7-8,12H2. The van der Waals surface area contributed by atoms with Gasteiger partial charge in [0.25, 0.3) is 0 Å². The minimum Gasteiger partial charge on any atom is -0.314 e. The van der Waals surface area contributed by atoms with Gasteiger partial charge in [0.15, 0.2) is 0 Å². The summed E-state index contributed by atoms with van der Waals surface area (Å²) >= 11 is 0. The van der Waals surface area contributed by atoms with E-state index in [1.807, 2.05) is 12.3 Å². The molecular formula is C18H22N2. The van der Waals surface area contributed by atoms with Gasteiger partial charge in [0.2, 0.25) is 0 Å². The van der Waals surface area contributed by atoms with E-state index in [-0.39, 0.29) is 0 Å². The number of pyridine rings is 1. The fraction of sp³-hybridized carbons (Fsp3) is 0.500. The number of nitrogens with one attached hydrogen (secondary N) is 1. The summed E-state index contributed by atoms with van der Waals surface area (Å²) in [6.07, 6.45) is 8.77. The molecule has 2 atom stereocenters. The van der Waals surface area contributed by atoms with Crippen LogP contribution in [0.4, 0.5) is 0 Å². The molecule has 20 heavy (non-hydrogen) atoms. The van der Waals surface area contributed by atoms with Crippen molar-refractivity contribution in [1.29, 1.82) is 0 Å². The highest BCUT2D eigenvalue weighted by Gasteiger charge is 2.30. The molecule has 2 fully saturated rings. The van der Waals surface area contributed by atoms with Crippen molar-refractivity contribution >= 4 is 10.9 Å². The van der Waals surface area contributed by atoms with Crippen molar-refractivity contribution < 1.29 is 0 Å². The van der Waals surface area contributed by atoms with Crippen LogP contribution in [0.2, 0.25) is 0 Å². The normalized spacial score (nSPS) is 26.2. The second-order valence-corrected chi connectivity index (χ2v) is 6.44. The number of rotatable bonds is 4. The maximum atomic E-state index is 4.42. The van der Waals surface area contributed by atoms with Crippen LogP contribution in [0.3, 0.4) is 0 Å². The second-order valence-electron chi connectivity index (χ2n) is 6.44. The van der Waals surface area contributed by atoms with Crippen molar-refractivity contribution in [3.63, 3.8) is 0 Å². The number of hydrogen-bond acceptors (Lipinski definition) is 2. The van der Waals surface area contributed by atoms with Gasteiger partial charge in [-0.25, -0.2) is 0 Å². The van der Waals surface area contributed by atoms with Crippen LogP contribution in [0.25, 0.3) is 10.9 Å². The summed E-state index contributed by atoms with van der Waals surface area (Å²) in [5.41, 5.74) is 2.63. The molecule has 2 aliphatic carbocycles. The molecule has 0 amide bonds. The highest BCUT2D eigenvalue weighted by Crippen LogP contribution is 2.40. The average molecular weight is 266 g/mol. The van der Waals surface area contributed by atoms with E-state index in [0.29, 0.717) is 0 Å². The molecule has 0 saturated heterocycles. The third-order valence-corrected chi connectivity index (χ3v) is 4.96. The lowest BCUT2D eigenvalue weighted by atomic mass is 9.88. The van der Waals surface area contributed by atoms with Gasteiger partial charge in [-0.2, -0.15) is 0 Å². The minimum atomic E-state index is 0.742. The number of nitrogens with zero attached hydrogens (tertiary/aromatic N) is 1. The topological polar surface area (TPSA) is 24.9 Å². The Morgan fingerprint density at radius 3 is 2.95 bits per heavy atom. The smallest absolute Gasteiger partial charge is 0.0702 e. The monoisotopic (exact) mass is 266 g/mol. The fourth-order valence-electron chi connectivity index (χ4n) is 3.65. The highest BCUT2D eigenvalue weighted by molar-refractivity contribution is 5.79. The Morgan fingerprint density at radius 2 is 2.05 bits per heavy atom. The van der Waals surface area contributed by atoms with Gasteiger partial charge >= 0.3 is 0 Å². The molecular weight excluding hydrogens is 244 g/mol. The summed E-state index contributed by atoms with van der Waals surface area (Å²) in [5.74, 6) is 1.57. The van der Waals surface area contributed by atoms with E-state index in [9.17, 15) is 0 Å². The Bertz CT molecular complexity index is 603. The Morgan fingerprint density at radius 1 is 1.10 bits per heavy atom. The van der Waals surface area contributed by atoms with Crippen LogP contribution >= 0.6 is 0 Å². The van der Waals surface area contributed by atoms with Crippen LogP contribution in [0, 0.1) is 5.92 Å². The molecule has 1 heterocycles. The van der Waals surface area contributed by atoms with Crippen LogP contribution in [-0.4, -0.2) is 17.6 Å². The predicted molar refractivity (Wildman–Crippen MR) is 82.8 cm³/mol. The lowest BCUT2D eigenvalue weighted by Gasteiger charge is -2.21. The summed E-state index contributed by atoms with van der Waals surface area (Å²) in [5, 5.41) is 5.01. The van der Waals surface area contributed by atoms with Crippen LogP contribution in [0.5, 0.6) is 0 Å². The number of hydrogen-bond donors (Lipinski definition) is 1. The van der Waals surface area contributed by atoms with E-state index in [1.54, 1.807) is 0 Å². The molecule has 2 nitrogen and oxygen atoms in total. The number of benzene rings is 1. The Kier molecular flexibility index (Phi) is 3.19. The van der Waals surface area contributed by atoms with Crippen molar-refractivity contribution in [3.05, 3.63) is 42.1 Å². The van der Waals surface area contributed by atoms with Gasteiger partial charge in [0, 0.05) is 17.6 Å². The molecule has 2 aromatic rings. The van der Waals surface area contributed by atoms with Crippen molar-refractivity contribution in [1.82, 2.24) is 10.3 Å². The van der Waals surface area contributed by atoms with E-state index >= 15 is 0 Å². The van der Waals surface area contributed by atoms with E-state index in [2.05, 4.69) is 34.6 Å². The molecule has 2 saturated carbocycles. The molecule has 0 radical (unpaired) electrons. The molecule has 2 unspecified atom stereocenters. The van der Waals surface area contributed by atoms with Gasteiger partial charge in [0.1, 0.15) is 0 Å². The van der Waals surface area contributed by atoms with E-state index in [0.717, 1.165) is 23.4 Å². The van der Waals surface area contributed by atoms with E-state index in [4.69, 9.17) is 0 Å². The summed E-state index contributed by atoms with van der Waals surface area (Å²) in [7, 11) is 0. The average Bonchev–Trinajstić information content (AvgIpc) is 3.21.